The van der Waals surface area contributed by atoms with Crippen molar-refractivity contribution < 1.29 is 9.15 Å². The molecule has 0 radical (unpaired) electrons. The van der Waals surface area contributed by atoms with Crippen molar-refractivity contribution in [1.82, 2.24) is 30.1 Å². The minimum Gasteiger partial charge on any atom is -0.497 e. The summed E-state index contributed by atoms with van der Waals surface area (Å²) in [4.78, 5) is 18.3. The maximum atomic E-state index is 13.1. The molecule has 37 heavy (non-hydrogen) atoms. The number of tetrazole rings is 1. The lowest BCUT2D eigenvalue weighted by Gasteiger charge is -2.29. The van der Waals surface area contributed by atoms with E-state index in [0.29, 0.717) is 25.2 Å². The molecule has 0 aliphatic carbocycles. The molecule has 9 heteroatoms. The van der Waals surface area contributed by atoms with E-state index in [-0.39, 0.29) is 11.6 Å². The lowest BCUT2D eigenvalue weighted by atomic mass is 10.1. The number of nitrogens with one attached hydrogen (secondary N) is 1. The van der Waals surface area contributed by atoms with Crippen molar-refractivity contribution in [3.63, 3.8) is 0 Å². The number of furan rings is 1. The van der Waals surface area contributed by atoms with Crippen LogP contribution in [0.1, 0.15) is 47.7 Å². The molecule has 0 aliphatic heterocycles. The van der Waals surface area contributed by atoms with E-state index in [0.717, 1.165) is 45.8 Å². The van der Waals surface area contributed by atoms with E-state index in [1.807, 2.05) is 66.2 Å². The average molecular weight is 499 g/mol. The molecular formula is C28H30N6O3. The number of aromatic nitrogens is 5. The Balaban J connectivity index is 1.48. The number of aromatic amines is 1. The molecule has 0 spiro atoms. The van der Waals surface area contributed by atoms with Crippen LogP contribution in [-0.4, -0.2) is 37.2 Å². The lowest BCUT2D eigenvalue weighted by Crippen LogP contribution is -2.32. The first-order chi connectivity index (χ1) is 18.0. The Morgan fingerprint density at radius 3 is 2.68 bits per heavy atom. The van der Waals surface area contributed by atoms with Crippen LogP contribution >= 0.6 is 0 Å². The summed E-state index contributed by atoms with van der Waals surface area (Å²) in [5.41, 5.74) is 3.60. The number of methoxy groups -OCH3 is 1. The molecular weight excluding hydrogens is 468 g/mol. The van der Waals surface area contributed by atoms with E-state index >= 15 is 0 Å². The molecule has 3 heterocycles. The second-order valence-electron chi connectivity index (χ2n) is 9.17. The van der Waals surface area contributed by atoms with Crippen molar-refractivity contribution in [2.45, 2.75) is 45.9 Å². The molecule has 1 N–H and O–H groups in total. The van der Waals surface area contributed by atoms with Gasteiger partial charge in [-0.3, -0.25) is 9.69 Å². The quantitative estimate of drug-likeness (QED) is 0.300. The van der Waals surface area contributed by atoms with Crippen LogP contribution in [0.2, 0.25) is 0 Å². The fraction of sp³-hybridized carbons (Fsp3) is 0.286. The number of fused-ring (bicyclic) bond motifs is 1. The van der Waals surface area contributed by atoms with E-state index in [2.05, 4.69) is 38.4 Å². The van der Waals surface area contributed by atoms with Gasteiger partial charge in [0.05, 0.1) is 32.5 Å². The Hall–Kier alpha value is -4.24. The monoisotopic (exact) mass is 498 g/mol. The number of hydrogen-bond acceptors (Lipinski definition) is 7. The average Bonchev–Trinajstić information content (AvgIpc) is 3.58. The van der Waals surface area contributed by atoms with Crippen molar-refractivity contribution in [1.29, 1.82) is 0 Å². The summed E-state index contributed by atoms with van der Waals surface area (Å²) >= 11 is 0. The van der Waals surface area contributed by atoms with Crippen molar-refractivity contribution in [2.75, 3.05) is 7.11 Å². The third-order valence-electron chi connectivity index (χ3n) is 6.57. The molecule has 0 fully saturated rings. The standard InChI is InChI=1S/C28H30N6O3/c1-4-26(27-30-31-32-34(27)16-20-8-10-23(36-3)11-9-20)33(18-24-6-5-13-37-24)17-22-15-21-14-19(2)7-12-25(21)29-28(22)35/h5-15,26H,4,16-18H2,1-3H3,(H,29,35)/t26-/m1/s1. The van der Waals surface area contributed by atoms with E-state index in [1.54, 1.807) is 13.4 Å². The van der Waals surface area contributed by atoms with Gasteiger partial charge in [-0.15, -0.1) is 5.10 Å². The summed E-state index contributed by atoms with van der Waals surface area (Å²) in [6.07, 6.45) is 2.40. The number of benzene rings is 2. The van der Waals surface area contributed by atoms with Gasteiger partial charge < -0.3 is 14.1 Å². The number of nitrogens with zero attached hydrogens (tertiary/aromatic N) is 5. The Morgan fingerprint density at radius 2 is 1.95 bits per heavy atom. The minimum absolute atomic E-state index is 0.103. The first-order valence-electron chi connectivity index (χ1n) is 12.3. The first kappa shape index (κ1) is 24.5. The zero-order chi connectivity index (χ0) is 25.8. The van der Waals surface area contributed by atoms with E-state index in [9.17, 15) is 4.79 Å². The van der Waals surface area contributed by atoms with Crippen LogP contribution in [-0.2, 0) is 19.6 Å². The number of aryl methyl sites for hydroxylation is 1. The molecule has 0 saturated carbocycles. The van der Waals surface area contributed by atoms with Crippen LogP contribution in [0.3, 0.4) is 0 Å². The highest BCUT2D eigenvalue weighted by atomic mass is 16.5. The van der Waals surface area contributed by atoms with Gasteiger partial charge in [-0.05, 0) is 77.2 Å². The molecule has 9 nitrogen and oxygen atoms in total. The van der Waals surface area contributed by atoms with E-state index in [1.165, 1.54) is 0 Å². The van der Waals surface area contributed by atoms with Gasteiger partial charge >= 0.3 is 0 Å². The minimum atomic E-state index is -0.147. The predicted octanol–water partition coefficient (Wildman–Crippen LogP) is 4.63. The van der Waals surface area contributed by atoms with Gasteiger partial charge in [-0.25, -0.2) is 4.68 Å². The highest BCUT2D eigenvalue weighted by molar-refractivity contribution is 5.79. The van der Waals surface area contributed by atoms with Gasteiger partial charge in [0.15, 0.2) is 5.82 Å². The molecule has 0 bridgehead atoms. The second kappa shape index (κ2) is 10.8. The molecule has 5 rings (SSSR count). The van der Waals surface area contributed by atoms with Crippen LogP contribution in [0, 0.1) is 6.92 Å². The molecule has 5 aromatic rings. The van der Waals surface area contributed by atoms with Crippen molar-refractivity contribution in [3.8, 4) is 5.75 Å². The summed E-state index contributed by atoms with van der Waals surface area (Å²) in [6.45, 7) is 5.58. The Morgan fingerprint density at radius 1 is 1.11 bits per heavy atom. The van der Waals surface area contributed by atoms with E-state index in [4.69, 9.17) is 9.15 Å². The van der Waals surface area contributed by atoms with Crippen LogP contribution in [0.25, 0.3) is 10.9 Å². The SMILES string of the molecule is CC[C@H](c1nnnn1Cc1ccc(OC)cc1)N(Cc1ccco1)Cc1cc2cc(C)ccc2[nH]c1=O. The maximum Gasteiger partial charge on any atom is 0.252 e. The Kier molecular flexibility index (Phi) is 7.14. The largest absolute Gasteiger partial charge is 0.497 e. The number of pyridine rings is 1. The van der Waals surface area contributed by atoms with Crippen LogP contribution < -0.4 is 10.3 Å². The topological polar surface area (TPSA) is 102 Å². The first-order valence-corrected chi connectivity index (χ1v) is 12.3. The fourth-order valence-electron chi connectivity index (χ4n) is 4.66. The van der Waals surface area contributed by atoms with Gasteiger partial charge in [-0.2, -0.15) is 0 Å². The van der Waals surface area contributed by atoms with Gasteiger partial charge in [0.1, 0.15) is 11.5 Å². The van der Waals surface area contributed by atoms with Crippen molar-refractivity contribution in [2.24, 2.45) is 0 Å². The van der Waals surface area contributed by atoms with Gasteiger partial charge in [0.25, 0.3) is 5.56 Å². The molecule has 0 saturated heterocycles. The van der Waals surface area contributed by atoms with Crippen LogP contribution in [0.15, 0.2) is 76.1 Å². The van der Waals surface area contributed by atoms with Crippen LogP contribution in [0.4, 0.5) is 0 Å². The normalized spacial score (nSPS) is 12.3. The molecule has 0 aliphatic rings. The van der Waals surface area contributed by atoms with Gasteiger partial charge in [-0.1, -0.05) is 30.7 Å². The van der Waals surface area contributed by atoms with Crippen molar-refractivity contribution in [3.05, 3.63) is 106 Å². The molecule has 190 valence electrons. The highest BCUT2D eigenvalue weighted by Crippen LogP contribution is 2.27. The predicted molar refractivity (Wildman–Crippen MR) is 140 cm³/mol. The third kappa shape index (κ3) is 5.46. The summed E-state index contributed by atoms with van der Waals surface area (Å²) in [5.74, 6) is 2.34. The molecule has 3 aromatic heterocycles. The molecule has 1 atom stereocenters. The van der Waals surface area contributed by atoms with Crippen LogP contribution in [0.5, 0.6) is 5.75 Å². The number of H-pyrrole nitrogens is 1. The maximum absolute atomic E-state index is 13.1. The van der Waals surface area contributed by atoms with Crippen molar-refractivity contribution >= 4 is 10.9 Å². The van der Waals surface area contributed by atoms with Gasteiger partial charge in [0.2, 0.25) is 0 Å². The van der Waals surface area contributed by atoms with E-state index < -0.39 is 0 Å². The molecule has 2 aromatic carbocycles. The Labute approximate surface area is 214 Å². The number of hydrogen-bond donors (Lipinski definition) is 1. The summed E-state index contributed by atoms with van der Waals surface area (Å²) in [6, 6.07) is 19.5. The number of rotatable bonds is 10. The second-order valence-corrected chi connectivity index (χ2v) is 9.17. The fourth-order valence-corrected chi connectivity index (χ4v) is 4.66. The summed E-state index contributed by atoms with van der Waals surface area (Å²) in [7, 11) is 1.65. The van der Waals surface area contributed by atoms with Gasteiger partial charge in [0, 0.05) is 17.6 Å². The zero-order valence-corrected chi connectivity index (χ0v) is 21.2. The third-order valence-corrected chi connectivity index (χ3v) is 6.57. The summed E-state index contributed by atoms with van der Waals surface area (Å²) in [5, 5.41) is 13.7. The zero-order valence-electron chi connectivity index (χ0n) is 21.2. The highest BCUT2D eigenvalue weighted by Gasteiger charge is 2.27. The lowest BCUT2D eigenvalue weighted by molar-refractivity contribution is 0.149. The molecule has 0 unspecified atom stereocenters. The molecule has 0 amide bonds. The number of ether oxygens (including phenoxy) is 1. The smallest absolute Gasteiger partial charge is 0.252 e. The summed E-state index contributed by atoms with van der Waals surface area (Å²) < 4.78 is 12.8. The Bertz CT molecular complexity index is 1520.